The first kappa shape index (κ1) is 19.8. The Bertz CT molecular complexity index is 1070. The molecule has 2 fully saturated rings. The Morgan fingerprint density at radius 1 is 1.10 bits per heavy atom. The number of carbonyl (C=O) groups is 1. The van der Waals surface area contributed by atoms with E-state index in [2.05, 4.69) is 32.9 Å². The van der Waals surface area contributed by atoms with Crippen molar-refractivity contribution in [3.63, 3.8) is 0 Å². The number of carbonyl (C=O) groups excluding carboxylic acids is 1. The Morgan fingerprint density at radius 3 is 2.81 bits per heavy atom. The summed E-state index contributed by atoms with van der Waals surface area (Å²) < 4.78 is 11.8. The molecule has 0 radical (unpaired) electrons. The molecule has 2 atom stereocenters. The van der Waals surface area contributed by atoms with Crippen molar-refractivity contribution in [1.29, 1.82) is 0 Å². The van der Waals surface area contributed by atoms with E-state index in [9.17, 15) is 4.79 Å². The predicted molar refractivity (Wildman–Crippen MR) is 117 cm³/mol. The minimum absolute atomic E-state index is 0.104. The van der Waals surface area contributed by atoms with Gasteiger partial charge in [-0.2, -0.15) is 15.4 Å². The lowest BCUT2D eigenvalue weighted by molar-refractivity contribution is -0.126. The van der Waals surface area contributed by atoms with Gasteiger partial charge in [-0.3, -0.25) is 4.79 Å². The van der Waals surface area contributed by atoms with E-state index in [1.165, 1.54) is 18.4 Å². The van der Waals surface area contributed by atoms with Gasteiger partial charge in [-0.05, 0) is 67.9 Å². The SMILES string of the molecule is COc1ccc([C@H]2CNC(=O)[C@H](Cc3cccc4n[nH]nc34)C2)cc1OC1CCCC1. The molecular weight excluding hydrogens is 392 g/mol. The van der Waals surface area contributed by atoms with Gasteiger partial charge in [0.25, 0.3) is 0 Å². The molecule has 5 rings (SSSR count). The predicted octanol–water partition coefficient (Wildman–Crippen LogP) is 3.75. The van der Waals surface area contributed by atoms with Crippen molar-refractivity contribution in [2.45, 2.75) is 50.5 Å². The molecule has 1 aliphatic heterocycles. The molecule has 0 bridgehead atoms. The summed E-state index contributed by atoms with van der Waals surface area (Å²) in [6, 6.07) is 12.1. The molecule has 2 heterocycles. The van der Waals surface area contributed by atoms with Crippen LogP contribution in [0.3, 0.4) is 0 Å². The Balaban J connectivity index is 1.35. The molecule has 1 aliphatic carbocycles. The van der Waals surface area contributed by atoms with E-state index < -0.39 is 0 Å². The topological polar surface area (TPSA) is 89.1 Å². The fourth-order valence-electron chi connectivity index (χ4n) is 4.91. The van der Waals surface area contributed by atoms with Crippen LogP contribution in [0.5, 0.6) is 11.5 Å². The van der Waals surface area contributed by atoms with E-state index in [0.717, 1.165) is 47.4 Å². The van der Waals surface area contributed by atoms with Crippen molar-refractivity contribution < 1.29 is 14.3 Å². The number of piperidine rings is 1. The molecule has 7 heteroatoms. The Hall–Kier alpha value is -3.09. The lowest BCUT2D eigenvalue weighted by atomic mass is 9.82. The van der Waals surface area contributed by atoms with Crippen molar-refractivity contribution in [3.05, 3.63) is 47.5 Å². The summed E-state index contributed by atoms with van der Waals surface area (Å²) in [4.78, 5) is 12.6. The average molecular weight is 421 g/mol. The second-order valence-corrected chi connectivity index (χ2v) is 8.62. The number of rotatable bonds is 6. The molecule has 1 saturated carbocycles. The van der Waals surface area contributed by atoms with E-state index >= 15 is 0 Å². The van der Waals surface area contributed by atoms with Gasteiger partial charge in [0, 0.05) is 18.4 Å². The maximum Gasteiger partial charge on any atom is 0.223 e. The number of nitrogens with zero attached hydrogens (tertiary/aromatic N) is 2. The van der Waals surface area contributed by atoms with E-state index in [4.69, 9.17) is 9.47 Å². The first-order valence-electron chi connectivity index (χ1n) is 11.1. The van der Waals surface area contributed by atoms with Crippen molar-refractivity contribution >= 4 is 16.9 Å². The minimum Gasteiger partial charge on any atom is -0.493 e. The number of benzene rings is 2. The van der Waals surface area contributed by atoms with Crippen LogP contribution < -0.4 is 14.8 Å². The highest BCUT2D eigenvalue weighted by Gasteiger charge is 2.31. The first-order chi connectivity index (χ1) is 15.2. The standard InChI is InChI=1S/C24H28N4O3/c1-30-21-10-9-15(13-22(21)31-19-6-2-3-7-19)18-12-17(24(29)25-14-18)11-16-5-4-8-20-23(16)27-28-26-20/h4-5,8-10,13,17-19H,2-3,6-7,11-12,14H2,1H3,(H,25,29)(H,26,27,28)/t17-,18-/m1/s1. The third-order valence-corrected chi connectivity index (χ3v) is 6.61. The molecular formula is C24H28N4O3. The highest BCUT2D eigenvalue weighted by molar-refractivity contribution is 5.82. The van der Waals surface area contributed by atoms with Crippen LogP contribution in [0.25, 0.3) is 11.0 Å². The molecule has 31 heavy (non-hydrogen) atoms. The molecule has 2 aromatic carbocycles. The molecule has 1 amide bonds. The summed E-state index contributed by atoms with van der Waals surface area (Å²) in [6.07, 6.45) is 6.35. The fourth-order valence-corrected chi connectivity index (χ4v) is 4.91. The first-order valence-corrected chi connectivity index (χ1v) is 11.1. The number of fused-ring (bicyclic) bond motifs is 1. The number of amides is 1. The van der Waals surface area contributed by atoms with Crippen LogP contribution in [-0.2, 0) is 11.2 Å². The zero-order chi connectivity index (χ0) is 21.2. The maximum atomic E-state index is 12.6. The second kappa shape index (κ2) is 8.57. The average Bonchev–Trinajstić information content (AvgIpc) is 3.48. The fraction of sp³-hybridized carbons (Fsp3) is 0.458. The number of ether oxygens (including phenoxy) is 2. The van der Waals surface area contributed by atoms with E-state index in [1.54, 1.807) is 7.11 Å². The lowest BCUT2D eigenvalue weighted by Crippen LogP contribution is -2.41. The third kappa shape index (κ3) is 4.09. The normalized spacial score (nSPS) is 21.9. The van der Waals surface area contributed by atoms with Gasteiger partial charge in [0.1, 0.15) is 11.0 Å². The number of aromatic amines is 1. The van der Waals surface area contributed by atoms with Crippen molar-refractivity contribution in [2.24, 2.45) is 5.92 Å². The number of hydrogen-bond acceptors (Lipinski definition) is 5. The van der Waals surface area contributed by atoms with E-state index in [-0.39, 0.29) is 23.8 Å². The van der Waals surface area contributed by atoms with Crippen molar-refractivity contribution in [3.8, 4) is 11.5 Å². The van der Waals surface area contributed by atoms with Gasteiger partial charge in [-0.15, -0.1) is 0 Å². The molecule has 2 N–H and O–H groups in total. The zero-order valence-corrected chi connectivity index (χ0v) is 17.8. The van der Waals surface area contributed by atoms with Gasteiger partial charge in [0.2, 0.25) is 5.91 Å². The summed E-state index contributed by atoms with van der Waals surface area (Å²) in [5.74, 6) is 1.81. The van der Waals surface area contributed by atoms with Crippen LogP contribution in [0.15, 0.2) is 36.4 Å². The zero-order valence-electron chi connectivity index (χ0n) is 17.8. The van der Waals surface area contributed by atoms with E-state index in [1.807, 2.05) is 24.3 Å². The smallest absolute Gasteiger partial charge is 0.223 e. The summed E-state index contributed by atoms with van der Waals surface area (Å²) >= 11 is 0. The molecule has 3 aromatic rings. The Morgan fingerprint density at radius 2 is 1.97 bits per heavy atom. The van der Waals surface area contributed by atoms with Crippen LogP contribution in [0.2, 0.25) is 0 Å². The van der Waals surface area contributed by atoms with Crippen LogP contribution in [-0.4, -0.2) is 41.1 Å². The molecule has 0 spiro atoms. The summed E-state index contributed by atoms with van der Waals surface area (Å²) in [7, 11) is 1.68. The molecule has 2 aliphatic rings. The van der Waals surface area contributed by atoms with Crippen LogP contribution in [0, 0.1) is 5.92 Å². The molecule has 1 aromatic heterocycles. The number of H-pyrrole nitrogens is 1. The molecule has 162 valence electrons. The second-order valence-electron chi connectivity index (χ2n) is 8.62. The minimum atomic E-state index is -0.109. The van der Waals surface area contributed by atoms with Crippen molar-refractivity contribution in [2.75, 3.05) is 13.7 Å². The molecule has 1 saturated heterocycles. The largest absolute Gasteiger partial charge is 0.493 e. The number of para-hydroxylation sites is 1. The van der Waals surface area contributed by atoms with Gasteiger partial charge in [-0.25, -0.2) is 0 Å². The number of nitrogens with one attached hydrogen (secondary N) is 2. The van der Waals surface area contributed by atoms with Gasteiger partial charge in [-0.1, -0.05) is 18.2 Å². The highest BCUT2D eigenvalue weighted by atomic mass is 16.5. The lowest BCUT2D eigenvalue weighted by Gasteiger charge is -2.30. The quantitative estimate of drug-likeness (QED) is 0.634. The number of aromatic nitrogens is 3. The molecule has 0 unspecified atom stereocenters. The maximum absolute atomic E-state index is 12.6. The van der Waals surface area contributed by atoms with Crippen LogP contribution in [0.4, 0.5) is 0 Å². The number of hydrogen-bond donors (Lipinski definition) is 2. The summed E-state index contributed by atoms with van der Waals surface area (Å²) in [6.45, 7) is 0.638. The monoisotopic (exact) mass is 420 g/mol. The van der Waals surface area contributed by atoms with Gasteiger partial charge in [0.15, 0.2) is 11.5 Å². The van der Waals surface area contributed by atoms with Gasteiger partial charge >= 0.3 is 0 Å². The molecule has 7 nitrogen and oxygen atoms in total. The Kier molecular flexibility index (Phi) is 5.49. The third-order valence-electron chi connectivity index (χ3n) is 6.61. The van der Waals surface area contributed by atoms with E-state index in [0.29, 0.717) is 13.0 Å². The summed E-state index contributed by atoms with van der Waals surface area (Å²) in [5, 5.41) is 14.2. The highest BCUT2D eigenvalue weighted by Crippen LogP contribution is 2.37. The van der Waals surface area contributed by atoms with Gasteiger partial charge in [0.05, 0.1) is 13.2 Å². The Labute approximate surface area is 181 Å². The summed E-state index contributed by atoms with van der Waals surface area (Å²) in [5.41, 5.74) is 3.90. The van der Waals surface area contributed by atoms with Crippen LogP contribution in [0.1, 0.15) is 49.1 Å². The number of methoxy groups -OCH3 is 1. The van der Waals surface area contributed by atoms with Gasteiger partial charge < -0.3 is 14.8 Å². The van der Waals surface area contributed by atoms with Crippen molar-refractivity contribution in [1.82, 2.24) is 20.7 Å². The van der Waals surface area contributed by atoms with Crippen LogP contribution >= 0.6 is 0 Å².